The van der Waals surface area contributed by atoms with Crippen LogP contribution in [-0.4, -0.2) is 71.6 Å². The summed E-state index contributed by atoms with van der Waals surface area (Å²) in [5, 5.41) is 27.9. The van der Waals surface area contributed by atoms with E-state index in [1.165, 1.54) is 25.0 Å². The molecule has 5 N–H and O–H groups in total. The lowest BCUT2D eigenvalue weighted by molar-refractivity contribution is -0.0336. The standard InChI is InChI=1S/C41H52N4O6/c46-35-18-16-33(34-17-19-38(48)43-40(34)35)36(47)27-42-22-9-4-2-1-3-5-10-25-50-32-15-11-14-31(26-32)39(30-12-7-6-8-13-30)44-41(49)51-37-28-45-23-20-29(37)21-24-45/h6-8,11-19,26,29,36-37,39,42,46-47H,1-5,9-10,20-25,27-28H2,(H,43,48)(H,44,49). The molecule has 1 aromatic heterocycles. The van der Waals surface area contributed by atoms with Gasteiger partial charge >= 0.3 is 6.09 Å². The number of aromatic amines is 1. The van der Waals surface area contributed by atoms with Crippen molar-refractivity contribution in [2.24, 2.45) is 5.92 Å². The summed E-state index contributed by atoms with van der Waals surface area (Å²) in [5.41, 5.74) is 2.68. The minimum absolute atomic E-state index is 0.00889. The van der Waals surface area contributed by atoms with Gasteiger partial charge in [-0.25, -0.2) is 4.79 Å². The van der Waals surface area contributed by atoms with Gasteiger partial charge in [0.2, 0.25) is 5.56 Å². The molecule has 272 valence electrons. The number of phenolic OH excluding ortho intramolecular Hbond substituents is 1. The summed E-state index contributed by atoms with van der Waals surface area (Å²) in [6.07, 6.45) is 8.79. The van der Waals surface area contributed by atoms with E-state index in [0.717, 1.165) is 88.0 Å². The van der Waals surface area contributed by atoms with E-state index in [1.54, 1.807) is 12.1 Å². The van der Waals surface area contributed by atoms with Gasteiger partial charge in [-0.2, -0.15) is 0 Å². The number of benzene rings is 3. The number of hydrogen-bond donors (Lipinski definition) is 5. The molecule has 0 spiro atoms. The number of carbonyl (C=O) groups is 1. The lowest BCUT2D eigenvalue weighted by Gasteiger charge is -2.43. The Hall–Kier alpha value is -4.38. The highest BCUT2D eigenvalue weighted by Crippen LogP contribution is 2.31. The number of piperidine rings is 3. The molecule has 4 heterocycles. The number of amides is 1. The molecule has 0 saturated carbocycles. The number of hydrogen-bond acceptors (Lipinski definition) is 8. The fourth-order valence-electron chi connectivity index (χ4n) is 7.45. The van der Waals surface area contributed by atoms with E-state index in [9.17, 15) is 19.8 Å². The Labute approximate surface area is 300 Å². The summed E-state index contributed by atoms with van der Waals surface area (Å²) in [5.74, 6) is 1.25. The highest BCUT2D eigenvalue weighted by molar-refractivity contribution is 5.87. The minimum Gasteiger partial charge on any atom is -0.506 e. The zero-order chi connectivity index (χ0) is 35.4. The maximum Gasteiger partial charge on any atom is 0.408 e. The van der Waals surface area contributed by atoms with Crippen molar-refractivity contribution < 1.29 is 24.5 Å². The molecule has 7 rings (SSSR count). The summed E-state index contributed by atoms with van der Waals surface area (Å²) in [7, 11) is 0. The summed E-state index contributed by atoms with van der Waals surface area (Å²) < 4.78 is 12.1. The molecule has 3 aromatic carbocycles. The largest absolute Gasteiger partial charge is 0.506 e. The average Bonchev–Trinajstić information content (AvgIpc) is 3.15. The van der Waals surface area contributed by atoms with Crippen molar-refractivity contribution in [3.05, 3.63) is 106 Å². The van der Waals surface area contributed by atoms with Crippen LogP contribution in [0.4, 0.5) is 4.79 Å². The number of aliphatic hydroxyl groups excluding tert-OH is 1. The van der Waals surface area contributed by atoms with Crippen molar-refractivity contribution in [2.45, 2.75) is 76.0 Å². The molecule has 51 heavy (non-hydrogen) atoms. The van der Waals surface area contributed by atoms with Gasteiger partial charge in [-0.15, -0.1) is 0 Å². The second kappa shape index (κ2) is 18.2. The van der Waals surface area contributed by atoms with Crippen LogP contribution in [0.25, 0.3) is 10.9 Å². The van der Waals surface area contributed by atoms with Gasteiger partial charge in [0.15, 0.2) is 0 Å². The number of nitrogens with one attached hydrogen (secondary N) is 3. The second-order valence-electron chi connectivity index (χ2n) is 14.0. The molecule has 10 nitrogen and oxygen atoms in total. The third-order valence-corrected chi connectivity index (χ3v) is 10.3. The molecule has 3 aliphatic rings. The molecule has 0 aliphatic carbocycles. The van der Waals surface area contributed by atoms with E-state index in [1.807, 2.05) is 54.6 Å². The minimum atomic E-state index is -0.742. The maximum atomic E-state index is 13.1. The number of aliphatic hydroxyl groups is 1. The Morgan fingerprint density at radius 1 is 0.882 bits per heavy atom. The van der Waals surface area contributed by atoms with Crippen molar-refractivity contribution >= 4 is 17.0 Å². The number of H-pyrrole nitrogens is 1. The Kier molecular flexibility index (Phi) is 13.0. The smallest absolute Gasteiger partial charge is 0.408 e. The molecule has 4 aromatic rings. The molecule has 10 heteroatoms. The molecule has 3 aliphatic heterocycles. The quantitative estimate of drug-likeness (QED) is 0.0737. The number of aromatic hydroxyl groups is 1. The lowest BCUT2D eigenvalue weighted by Crippen LogP contribution is -2.52. The van der Waals surface area contributed by atoms with Crippen LogP contribution < -0.4 is 20.9 Å². The van der Waals surface area contributed by atoms with Gasteiger partial charge < -0.3 is 35.3 Å². The zero-order valence-electron chi connectivity index (χ0n) is 29.4. The van der Waals surface area contributed by atoms with Crippen molar-refractivity contribution in [2.75, 3.05) is 39.3 Å². The first-order valence-corrected chi connectivity index (χ1v) is 18.7. The molecule has 1 amide bonds. The first kappa shape index (κ1) is 36.4. The molecule has 3 saturated heterocycles. The van der Waals surface area contributed by atoms with Gasteiger partial charge in [-0.05, 0) is 92.2 Å². The summed E-state index contributed by atoms with van der Waals surface area (Å²) in [6, 6.07) is 23.9. The van der Waals surface area contributed by atoms with E-state index in [0.29, 0.717) is 35.5 Å². The number of alkyl carbamates (subject to hydrolysis) is 1. The SMILES string of the molecule is O=C(NC(c1ccccc1)c1cccc(OCCCCCCCCCNCC(O)c2ccc(O)c3[nH]c(=O)ccc23)c1)OC1CN2CCC1CC2. The van der Waals surface area contributed by atoms with Crippen LogP contribution in [0, 0.1) is 5.92 Å². The molecular formula is C41H52N4O6. The van der Waals surface area contributed by atoms with Crippen molar-refractivity contribution in [3.63, 3.8) is 0 Å². The van der Waals surface area contributed by atoms with E-state index in [-0.39, 0.29) is 29.5 Å². The molecule has 3 unspecified atom stereocenters. The fourth-order valence-corrected chi connectivity index (χ4v) is 7.45. The van der Waals surface area contributed by atoms with Crippen LogP contribution in [0.1, 0.15) is 86.6 Å². The molecule has 3 fully saturated rings. The first-order valence-electron chi connectivity index (χ1n) is 18.7. The van der Waals surface area contributed by atoms with Crippen LogP contribution in [-0.2, 0) is 4.74 Å². The highest BCUT2D eigenvalue weighted by Gasteiger charge is 2.37. The lowest BCUT2D eigenvalue weighted by atomic mass is 9.86. The highest BCUT2D eigenvalue weighted by atomic mass is 16.6. The predicted octanol–water partition coefficient (Wildman–Crippen LogP) is 6.58. The van der Waals surface area contributed by atoms with Crippen molar-refractivity contribution in [1.82, 2.24) is 20.5 Å². The summed E-state index contributed by atoms with van der Waals surface area (Å²) in [6.45, 7) is 4.90. The number of ether oxygens (including phenoxy) is 2. The number of phenols is 1. The van der Waals surface area contributed by atoms with Gasteiger partial charge in [-0.3, -0.25) is 9.69 Å². The number of carbonyl (C=O) groups excluding carboxylic acids is 1. The number of rotatable bonds is 18. The predicted molar refractivity (Wildman–Crippen MR) is 199 cm³/mol. The topological polar surface area (TPSA) is 136 Å². The van der Waals surface area contributed by atoms with E-state index in [4.69, 9.17) is 9.47 Å². The third-order valence-electron chi connectivity index (χ3n) is 10.3. The number of nitrogens with zero attached hydrogens (tertiary/aromatic N) is 1. The van der Waals surface area contributed by atoms with Gasteiger partial charge in [-0.1, -0.05) is 80.6 Å². The van der Waals surface area contributed by atoms with Crippen LogP contribution in [0.15, 0.2) is 83.7 Å². The third kappa shape index (κ3) is 10.1. The summed E-state index contributed by atoms with van der Waals surface area (Å²) in [4.78, 5) is 29.8. The van der Waals surface area contributed by atoms with Gasteiger partial charge in [0, 0.05) is 24.5 Å². The Morgan fingerprint density at radius 2 is 1.63 bits per heavy atom. The molecule has 3 atom stereocenters. The number of unbranched alkanes of at least 4 members (excludes halogenated alkanes) is 6. The molecular weight excluding hydrogens is 644 g/mol. The normalized spacial score (nSPS) is 19.4. The zero-order valence-corrected chi connectivity index (χ0v) is 29.4. The van der Waals surface area contributed by atoms with Crippen molar-refractivity contribution in [1.29, 1.82) is 0 Å². The summed E-state index contributed by atoms with van der Waals surface area (Å²) >= 11 is 0. The number of pyridine rings is 1. The molecule has 0 radical (unpaired) electrons. The number of aromatic nitrogens is 1. The Morgan fingerprint density at radius 3 is 2.39 bits per heavy atom. The van der Waals surface area contributed by atoms with Crippen LogP contribution >= 0.6 is 0 Å². The van der Waals surface area contributed by atoms with E-state index < -0.39 is 6.10 Å². The van der Waals surface area contributed by atoms with Crippen LogP contribution in [0.2, 0.25) is 0 Å². The van der Waals surface area contributed by atoms with Crippen molar-refractivity contribution in [3.8, 4) is 11.5 Å². The van der Waals surface area contributed by atoms with E-state index in [2.05, 4.69) is 20.5 Å². The van der Waals surface area contributed by atoms with Crippen LogP contribution in [0.3, 0.4) is 0 Å². The average molecular weight is 697 g/mol. The van der Waals surface area contributed by atoms with Crippen LogP contribution in [0.5, 0.6) is 11.5 Å². The first-order chi connectivity index (χ1) is 24.9. The Balaban J connectivity index is 0.860. The Bertz CT molecular complexity index is 1760. The van der Waals surface area contributed by atoms with Gasteiger partial charge in [0.05, 0.1) is 24.3 Å². The second-order valence-corrected chi connectivity index (χ2v) is 14.0. The van der Waals surface area contributed by atoms with Gasteiger partial charge in [0.1, 0.15) is 17.6 Å². The maximum absolute atomic E-state index is 13.1. The van der Waals surface area contributed by atoms with E-state index >= 15 is 0 Å². The fraction of sp³-hybridized carbons (Fsp3) is 0.463. The number of fused-ring (bicyclic) bond motifs is 4. The van der Waals surface area contributed by atoms with Gasteiger partial charge in [0.25, 0.3) is 0 Å². The molecule has 2 bridgehead atoms. The monoisotopic (exact) mass is 696 g/mol.